The standard InChI is InChI=1S/C6H6O6S2.2Na/c7-13(8,9)5-2-1-3-6(4-5)14(10,11)12;;/h1-4H,(H,7,8,9)(H,10,11,12);;/q;2*+1/p-2. The van der Waals surface area contributed by atoms with Crippen LogP contribution in [0.1, 0.15) is 0 Å². The first-order valence-electron chi connectivity index (χ1n) is 3.23. The summed E-state index contributed by atoms with van der Waals surface area (Å²) in [5, 5.41) is 0. The van der Waals surface area contributed by atoms with Crippen LogP contribution in [0.15, 0.2) is 34.1 Å². The minimum atomic E-state index is -4.74. The van der Waals surface area contributed by atoms with Crippen LogP contribution < -0.4 is 59.1 Å². The Morgan fingerprint density at radius 1 is 0.812 bits per heavy atom. The molecule has 16 heavy (non-hydrogen) atoms. The van der Waals surface area contributed by atoms with Gasteiger partial charge in [-0.3, -0.25) is 0 Å². The van der Waals surface area contributed by atoms with Gasteiger partial charge in [-0.1, -0.05) is 6.07 Å². The summed E-state index contributed by atoms with van der Waals surface area (Å²) in [5.41, 5.74) is 0. The van der Waals surface area contributed by atoms with Gasteiger partial charge in [0.25, 0.3) is 0 Å². The van der Waals surface area contributed by atoms with Crippen molar-refractivity contribution in [1.29, 1.82) is 0 Å². The first-order valence-corrected chi connectivity index (χ1v) is 6.05. The smallest absolute Gasteiger partial charge is 0.744 e. The second-order valence-electron chi connectivity index (χ2n) is 2.38. The number of benzene rings is 1. The fourth-order valence-corrected chi connectivity index (χ4v) is 1.89. The van der Waals surface area contributed by atoms with E-state index in [1.165, 1.54) is 0 Å². The normalized spacial score (nSPS) is 11.1. The molecule has 0 radical (unpaired) electrons. The van der Waals surface area contributed by atoms with E-state index in [0.29, 0.717) is 6.07 Å². The van der Waals surface area contributed by atoms with E-state index in [1.54, 1.807) is 0 Å². The number of hydrogen-bond acceptors (Lipinski definition) is 6. The summed E-state index contributed by atoms with van der Waals surface area (Å²) in [5.74, 6) is 0. The van der Waals surface area contributed by atoms with Crippen LogP contribution in [0.2, 0.25) is 0 Å². The largest absolute Gasteiger partial charge is 1.00 e. The van der Waals surface area contributed by atoms with Crippen molar-refractivity contribution in [1.82, 2.24) is 0 Å². The molecule has 1 rings (SSSR count). The Morgan fingerprint density at radius 2 is 1.12 bits per heavy atom. The van der Waals surface area contributed by atoms with Gasteiger partial charge in [0.05, 0.1) is 9.79 Å². The third kappa shape index (κ3) is 5.58. The van der Waals surface area contributed by atoms with Crippen molar-refractivity contribution in [2.75, 3.05) is 0 Å². The summed E-state index contributed by atoms with van der Waals surface area (Å²) in [6.07, 6.45) is 0. The molecule has 0 saturated carbocycles. The van der Waals surface area contributed by atoms with E-state index in [-0.39, 0.29) is 59.1 Å². The zero-order chi connectivity index (χ0) is 11.0. The zero-order valence-electron chi connectivity index (χ0n) is 8.58. The summed E-state index contributed by atoms with van der Waals surface area (Å²) >= 11 is 0. The molecule has 0 saturated heterocycles. The molecule has 1 aromatic carbocycles. The van der Waals surface area contributed by atoms with Gasteiger partial charge in [-0.15, -0.1) is 0 Å². The Morgan fingerprint density at radius 3 is 1.38 bits per heavy atom. The summed E-state index contributed by atoms with van der Waals surface area (Å²) in [4.78, 5) is -1.48. The number of hydrogen-bond donors (Lipinski definition) is 0. The minimum Gasteiger partial charge on any atom is -0.744 e. The SMILES string of the molecule is O=S(=O)([O-])c1cccc(S(=O)(=O)[O-])c1.[Na+].[Na+]. The fourth-order valence-electron chi connectivity index (χ4n) is 0.785. The van der Waals surface area contributed by atoms with Crippen LogP contribution >= 0.6 is 0 Å². The molecular weight excluding hydrogens is 278 g/mol. The Hall–Kier alpha value is 1.04. The van der Waals surface area contributed by atoms with Crippen molar-refractivity contribution >= 4 is 20.2 Å². The molecule has 0 aliphatic rings. The van der Waals surface area contributed by atoms with Gasteiger partial charge >= 0.3 is 59.1 Å². The molecule has 0 N–H and O–H groups in total. The van der Waals surface area contributed by atoms with Gasteiger partial charge in [0.1, 0.15) is 20.2 Å². The second kappa shape index (κ2) is 6.83. The molecule has 0 unspecified atom stereocenters. The van der Waals surface area contributed by atoms with Crippen molar-refractivity contribution in [3.63, 3.8) is 0 Å². The van der Waals surface area contributed by atoms with Crippen LogP contribution in [0.3, 0.4) is 0 Å². The molecule has 0 aliphatic heterocycles. The monoisotopic (exact) mass is 282 g/mol. The second-order valence-corrected chi connectivity index (χ2v) is 5.14. The van der Waals surface area contributed by atoms with Gasteiger partial charge in [-0.05, 0) is 18.2 Å². The van der Waals surface area contributed by atoms with Gasteiger partial charge in [-0.2, -0.15) is 0 Å². The average Bonchev–Trinajstić information content (AvgIpc) is 2.01. The van der Waals surface area contributed by atoms with Crippen LogP contribution in [0.4, 0.5) is 0 Å². The predicted octanol–water partition coefficient (Wildman–Crippen LogP) is -6.50. The molecular formula is C6H4Na2O6S2. The molecule has 0 atom stereocenters. The van der Waals surface area contributed by atoms with Crippen molar-refractivity contribution in [2.24, 2.45) is 0 Å². The fraction of sp³-hybridized carbons (Fsp3) is 0. The third-order valence-electron chi connectivity index (χ3n) is 1.38. The predicted molar refractivity (Wildman–Crippen MR) is 42.4 cm³/mol. The molecule has 10 heteroatoms. The molecule has 0 fully saturated rings. The number of rotatable bonds is 2. The van der Waals surface area contributed by atoms with Crippen molar-refractivity contribution < 1.29 is 85.1 Å². The van der Waals surface area contributed by atoms with E-state index < -0.39 is 30.0 Å². The quantitative estimate of drug-likeness (QED) is 0.393. The maximum absolute atomic E-state index is 10.5. The van der Waals surface area contributed by atoms with Crippen LogP contribution in [0.25, 0.3) is 0 Å². The zero-order valence-corrected chi connectivity index (χ0v) is 14.2. The maximum atomic E-state index is 10.5. The minimum absolute atomic E-state index is 0. The van der Waals surface area contributed by atoms with Crippen molar-refractivity contribution in [2.45, 2.75) is 9.79 Å². The van der Waals surface area contributed by atoms with E-state index in [2.05, 4.69) is 0 Å². The molecule has 0 heterocycles. The van der Waals surface area contributed by atoms with Crippen LogP contribution in [0.5, 0.6) is 0 Å². The van der Waals surface area contributed by atoms with Crippen LogP contribution in [0, 0.1) is 0 Å². The first kappa shape index (κ1) is 19.4. The molecule has 0 amide bonds. The topological polar surface area (TPSA) is 114 Å². The Labute approximate surface area is 138 Å². The molecule has 0 bridgehead atoms. The first-order chi connectivity index (χ1) is 6.21. The molecule has 0 spiro atoms. The molecule has 0 aliphatic carbocycles. The summed E-state index contributed by atoms with van der Waals surface area (Å²) in [6, 6.07) is 3.37. The Bertz CT molecular complexity index is 503. The van der Waals surface area contributed by atoms with Crippen LogP contribution in [-0.2, 0) is 20.2 Å². The van der Waals surface area contributed by atoms with E-state index in [9.17, 15) is 25.9 Å². The molecule has 1 aromatic rings. The van der Waals surface area contributed by atoms with Crippen LogP contribution in [-0.4, -0.2) is 25.9 Å². The third-order valence-corrected chi connectivity index (χ3v) is 3.05. The van der Waals surface area contributed by atoms with Crippen molar-refractivity contribution in [3.05, 3.63) is 24.3 Å². The van der Waals surface area contributed by atoms with Gasteiger partial charge in [0, 0.05) is 0 Å². The average molecular weight is 282 g/mol. The van der Waals surface area contributed by atoms with Gasteiger partial charge < -0.3 is 9.11 Å². The van der Waals surface area contributed by atoms with E-state index in [4.69, 9.17) is 0 Å². The van der Waals surface area contributed by atoms with Gasteiger partial charge in [0.15, 0.2) is 0 Å². The molecule has 6 nitrogen and oxygen atoms in total. The van der Waals surface area contributed by atoms with Crippen molar-refractivity contribution in [3.8, 4) is 0 Å². The van der Waals surface area contributed by atoms with E-state index >= 15 is 0 Å². The molecule has 78 valence electrons. The maximum Gasteiger partial charge on any atom is 1.00 e. The Balaban J connectivity index is 0. The summed E-state index contributed by atoms with van der Waals surface area (Å²) in [7, 11) is -9.48. The summed E-state index contributed by atoms with van der Waals surface area (Å²) in [6.45, 7) is 0. The van der Waals surface area contributed by atoms with Gasteiger partial charge in [0.2, 0.25) is 0 Å². The van der Waals surface area contributed by atoms with E-state index in [0.717, 1.165) is 18.2 Å². The Kier molecular flexibility index (Phi) is 8.28. The summed E-state index contributed by atoms with van der Waals surface area (Å²) < 4.78 is 62.8. The van der Waals surface area contributed by atoms with Gasteiger partial charge in [-0.25, -0.2) is 16.8 Å². The van der Waals surface area contributed by atoms with E-state index in [1.807, 2.05) is 0 Å². The molecule has 0 aromatic heterocycles.